The third-order valence-corrected chi connectivity index (χ3v) is 2.47. The fourth-order valence-electron chi connectivity index (χ4n) is 1.47. The number of carbonyl (C=O) groups excluding carboxylic acids is 1. The molecule has 1 aromatic heterocycles. The van der Waals surface area contributed by atoms with Gasteiger partial charge in [0.25, 0.3) is 0 Å². The van der Waals surface area contributed by atoms with E-state index in [-0.39, 0.29) is 6.04 Å². The molecule has 0 aromatic carbocycles. The van der Waals surface area contributed by atoms with Gasteiger partial charge in [-0.1, -0.05) is 13.3 Å². The molecule has 2 amide bonds. The highest BCUT2D eigenvalue weighted by atomic mass is 16.7. The number of primary amides is 1. The van der Waals surface area contributed by atoms with Crippen LogP contribution in [0.15, 0.2) is 16.5 Å². The van der Waals surface area contributed by atoms with Gasteiger partial charge in [-0.3, -0.25) is 4.84 Å². The highest BCUT2D eigenvalue weighted by Gasteiger charge is 2.22. The third-order valence-electron chi connectivity index (χ3n) is 2.47. The molecular formula is C12H20N2O3. The molecule has 0 bridgehead atoms. The van der Waals surface area contributed by atoms with Crippen molar-refractivity contribution in [3.05, 3.63) is 23.7 Å². The number of hydroxylamine groups is 2. The van der Waals surface area contributed by atoms with E-state index in [0.717, 1.165) is 23.7 Å². The number of hydrogen-bond donors (Lipinski definition) is 1. The van der Waals surface area contributed by atoms with Crippen LogP contribution in [0.3, 0.4) is 0 Å². The van der Waals surface area contributed by atoms with E-state index < -0.39 is 6.03 Å². The first-order valence-electron chi connectivity index (χ1n) is 5.84. The lowest BCUT2D eigenvalue weighted by Gasteiger charge is -2.24. The van der Waals surface area contributed by atoms with Crippen LogP contribution in [0.2, 0.25) is 0 Å². The number of hydrogen-bond acceptors (Lipinski definition) is 3. The molecule has 1 aromatic rings. The fourth-order valence-corrected chi connectivity index (χ4v) is 1.47. The zero-order valence-electron chi connectivity index (χ0n) is 10.6. The molecule has 5 heteroatoms. The minimum Gasteiger partial charge on any atom is -0.464 e. The Morgan fingerprint density at radius 1 is 1.59 bits per heavy atom. The van der Waals surface area contributed by atoms with Crippen molar-refractivity contribution < 1.29 is 14.0 Å². The van der Waals surface area contributed by atoms with Gasteiger partial charge in [0.2, 0.25) is 0 Å². The van der Waals surface area contributed by atoms with E-state index in [0.29, 0.717) is 12.4 Å². The van der Waals surface area contributed by atoms with Crippen molar-refractivity contribution in [1.82, 2.24) is 5.06 Å². The molecule has 0 aliphatic carbocycles. The second kappa shape index (κ2) is 6.30. The van der Waals surface area contributed by atoms with Gasteiger partial charge in [-0.25, -0.2) is 4.79 Å². The number of rotatable bonds is 6. The molecule has 2 N–H and O–H groups in total. The lowest BCUT2D eigenvalue weighted by atomic mass is 10.2. The van der Waals surface area contributed by atoms with Crippen LogP contribution in [-0.4, -0.2) is 17.7 Å². The van der Waals surface area contributed by atoms with Gasteiger partial charge in [0.1, 0.15) is 17.6 Å². The number of furan rings is 1. The number of carbonyl (C=O) groups is 1. The molecule has 0 aliphatic heterocycles. The van der Waals surface area contributed by atoms with Crippen molar-refractivity contribution in [2.45, 2.75) is 39.7 Å². The van der Waals surface area contributed by atoms with Gasteiger partial charge in [-0.15, -0.1) is 0 Å². The molecule has 1 atom stereocenters. The van der Waals surface area contributed by atoms with Crippen molar-refractivity contribution in [3.63, 3.8) is 0 Å². The van der Waals surface area contributed by atoms with Crippen LogP contribution >= 0.6 is 0 Å². The lowest BCUT2D eigenvalue weighted by molar-refractivity contribution is -0.144. The minimum absolute atomic E-state index is 0.321. The van der Waals surface area contributed by atoms with Gasteiger partial charge in [0.15, 0.2) is 0 Å². The van der Waals surface area contributed by atoms with Crippen molar-refractivity contribution in [2.75, 3.05) is 6.61 Å². The quantitative estimate of drug-likeness (QED) is 0.614. The molecule has 0 fully saturated rings. The van der Waals surface area contributed by atoms with E-state index in [1.807, 2.05) is 26.0 Å². The Bertz CT molecular complexity index is 362. The van der Waals surface area contributed by atoms with E-state index in [2.05, 4.69) is 6.92 Å². The number of nitrogens with zero attached hydrogens (tertiary/aromatic N) is 1. The summed E-state index contributed by atoms with van der Waals surface area (Å²) in [5.74, 6) is 1.46. The Kier molecular flexibility index (Phi) is 5.03. The lowest BCUT2D eigenvalue weighted by Crippen LogP contribution is -2.38. The van der Waals surface area contributed by atoms with Crippen LogP contribution in [-0.2, 0) is 4.84 Å². The Balaban J connectivity index is 2.66. The summed E-state index contributed by atoms with van der Waals surface area (Å²) in [5, 5.41) is 1.16. The van der Waals surface area contributed by atoms with Crippen LogP contribution in [0, 0.1) is 6.92 Å². The Morgan fingerprint density at radius 2 is 2.29 bits per heavy atom. The average Bonchev–Trinajstić information content (AvgIpc) is 2.70. The Morgan fingerprint density at radius 3 is 2.76 bits per heavy atom. The molecule has 1 rings (SSSR count). The molecule has 96 valence electrons. The summed E-state index contributed by atoms with van der Waals surface area (Å²) in [6, 6.07) is 2.73. The summed E-state index contributed by atoms with van der Waals surface area (Å²) in [4.78, 5) is 16.7. The van der Waals surface area contributed by atoms with Gasteiger partial charge in [-0.05, 0) is 32.4 Å². The largest absolute Gasteiger partial charge is 0.464 e. The van der Waals surface area contributed by atoms with Crippen LogP contribution in [0.5, 0.6) is 0 Å². The summed E-state index contributed by atoms with van der Waals surface area (Å²) in [6.07, 6.45) is 1.88. The SMILES string of the molecule is CCCCON(C(N)=O)C(C)c1ccc(C)o1. The van der Waals surface area contributed by atoms with E-state index in [1.54, 1.807) is 0 Å². The first-order valence-corrected chi connectivity index (χ1v) is 5.84. The zero-order valence-corrected chi connectivity index (χ0v) is 10.6. The predicted molar refractivity (Wildman–Crippen MR) is 64.1 cm³/mol. The number of aryl methyl sites for hydroxylation is 1. The van der Waals surface area contributed by atoms with Crippen LogP contribution in [0.25, 0.3) is 0 Å². The third kappa shape index (κ3) is 3.78. The van der Waals surface area contributed by atoms with E-state index in [1.165, 1.54) is 0 Å². The van der Waals surface area contributed by atoms with Crippen LogP contribution in [0.1, 0.15) is 44.3 Å². The number of unbranched alkanes of at least 4 members (excludes halogenated alkanes) is 1. The van der Waals surface area contributed by atoms with Crippen molar-refractivity contribution >= 4 is 6.03 Å². The summed E-state index contributed by atoms with van der Waals surface area (Å²) in [6.45, 7) is 6.19. The van der Waals surface area contributed by atoms with Gasteiger partial charge >= 0.3 is 6.03 Å². The van der Waals surface area contributed by atoms with Crippen LogP contribution < -0.4 is 5.73 Å². The first-order chi connectivity index (χ1) is 8.06. The molecule has 0 aliphatic rings. The summed E-state index contributed by atoms with van der Waals surface area (Å²) in [5.41, 5.74) is 5.28. The number of nitrogens with two attached hydrogens (primary N) is 1. The summed E-state index contributed by atoms with van der Waals surface area (Å²) in [7, 11) is 0. The Hall–Kier alpha value is -1.49. The highest BCUT2D eigenvalue weighted by molar-refractivity contribution is 5.71. The second-order valence-corrected chi connectivity index (χ2v) is 3.98. The molecule has 0 saturated heterocycles. The van der Waals surface area contributed by atoms with Crippen LogP contribution in [0.4, 0.5) is 4.79 Å². The predicted octanol–water partition coefficient (Wildman–Crippen LogP) is 2.76. The highest BCUT2D eigenvalue weighted by Crippen LogP contribution is 2.22. The molecule has 1 unspecified atom stereocenters. The molecule has 17 heavy (non-hydrogen) atoms. The topological polar surface area (TPSA) is 68.7 Å². The molecule has 0 saturated carbocycles. The van der Waals surface area contributed by atoms with Gasteiger partial charge in [0.05, 0.1) is 6.61 Å². The standard InChI is InChI=1S/C12H20N2O3/c1-4-5-8-16-14(12(13)15)10(3)11-7-6-9(2)17-11/h6-7,10H,4-5,8H2,1-3H3,(H2,13,15). The van der Waals surface area contributed by atoms with Crippen molar-refractivity contribution in [1.29, 1.82) is 0 Å². The molecule has 0 spiro atoms. The van der Waals surface area contributed by atoms with E-state index in [9.17, 15) is 4.79 Å². The van der Waals surface area contributed by atoms with Gasteiger partial charge in [-0.2, -0.15) is 5.06 Å². The molecular weight excluding hydrogens is 220 g/mol. The number of urea groups is 1. The first kappa shape index (κ1) is 13.6. The minimum atomic E-state index is -0.609. The van der Waals surface area contributed by atoms with Gasteiger partial charge in [0, 0.05) is 0 Å². The second-order valence-electron chi connectivity index (χ2n) is 3.98. The number of amides is 2. The smallest absolute Gasteiger partial charge is 0.339 e. The maximum Gasteiger partial charge on any atom is 0.339 e. The molecule has 0 radical (unpaired) electrons. The fraction of sp³-hybridized carbons (Fsp3) is 0.583. The maximum atomic E-state index is 11.3. The van der Waals surface area contributed by atoms with E-state index in [4.69, 9.17) is 15.0 Å². The molecule has 1 heterocycles. The van der Waals surface area contributed by atoms with E-state index >= 15 is 0 Å². The normalized spacial score (nSPS) is 12.4. The molecule has 5 nitrogen and oxygen atoms in total. The monoisotopic (exact) mass is 240 g/mol. The summed E-state index contributed by atoms with van der Waals surface area (Å²) < 4.78 is 5.45. The van der Waals surface area contributed by atoms with Gasteiger partial charge < -0.3 is 10.2 Å². The summed E-state index contributed by atoms with van der Waals surface area (Å²) >= 11 is 0. The van der Waals surface area contributed by atoms with Crippen molar-refractivity contribution in [2.24, 2.45) is 5.73 Å². The Labute approximate surface area is 101 Å². The maximum absolute atomic E-state index is 11.3. The van der Waals surface area contributed by atoms with Crippen molar-refractivity contribution in [3.8, 4) is 0 Å². The average molecular weight is 240 g/mol. The zero-order chi connectivity index (χ0) is 12.8.